The number of rotatable bonds is 6. The van der Waals surface area contributed by atoms with Crippen LogP contribution in [0.3, 0.4) is 0 Å². The van der Waals surface area contributed by atoms with E-state index in [-0.39, 0.29) is 25.5 Å². The van der Waals surface area contributed by atoms with Gasteiger partial charge in [-0.25, -0.2) is 8.78 Å². The quantitative estimate of drug-likeness (QED) is 0.593. The minimum Gasteiger partial charge on any atom is -0.493 e. The summed E-state index contributed by atoms with van der Waals surface area (Å²) in [6, 6.07) is 10.3. The standard InChI is InChI=1S/C26H30ClF2N3O3/c1-30-12-14-31(15-13-30)23(33)16-26(18-35-20-8-6-19(27)7-9-20)10-3-11-32(17-26)25(34)24-21(28)4-2-5-22(24)29/h2,4-9H,3,10-18H2,1H3/t26-/m1/s1. The van der Waals surface area contributed by atoms with Gasteiger partial charge in [-0.2, -0.15) is 0 Å². The maximum Gasteiger partial charge on any atom is 0.259 e. The molecule has 0 radical (unpaired) electrons. The van der Waals surface area contributed by atoms with Crippen LogP contribution in [-0.2, 0) is 4.79 Å². The van der Waals surface area contributed by atoms with E-state index in [1.54, 1.807) is 24.3 Å². The molecule has 1 atom stereocenters. The zero-order valence-corrected chi connectivity index (χ0v) is 20.6. The Kier molecular flexibility index (Phi) is 7.91. The highest BCUT2D eigenvalue weighted by Crippen LogP contribution is 2.36. The number of hydrogen-bond donors (Lipinski definition) is 0. The maximum atomic E-state index is 14.3. The van der Waals surface area contributed by atoms with Gasteiger partial charge in [-0.3, -0.25) is 9.59 Å². The molecule has 4 rings (SSSR count). The van der Waals surface area contributed by atoms with Crippen LogP contribution in [0.15, 0.2) is 42.5 Å². The number of benzene rings is 2. The van der Waals surface area contributed by atoms with Crippen LogP contribution in [0.5, 0.6) is 5.75 Å². The molecule has 0 aromatic heterocycles. The number of halogens is 3. The van der Waals surface area contributed by atoms with Crippen LogP contribution in [0.1, 0.15) is 29.6 Å². The van der Waals surface area contributed by atoms with Crippen LogP contribution in [0, 0.1) is 17.0 Å². The largest absolute Gasteiger partial charge is 0.493 e. The number of ether oxygens (including phenoxy) is 1. The van der Waals surface area contributed by atoms with Crippen LogP contribution in [0.2, 0.25) is 5.02 Å². The highest BCUT2D eigenvalue weighted by atomic mass is 35.5. The normalized spacial score (nSPS) is 21.1. The van der Waals surface area contributed by atoms with E-state index < -0.39 is 28.5 Å². The number of nitrogens with zero attached hydrogens (tertiary/aromatic N) is 3. The summed E-state index contributed by atoms with van der Waals surface area (Å²) in [5, 5.41) is 0.582. The molecule has 9 heteroatoms. The number of hydrogen-bond acceptors (Lipinski definition) is 4. The minimum atomic E-state index is -0.892. The Balaban J connectivity index is 1.55. The first-order chi connectivity index (χ1) is 16.8. The van der Waals surface area contributed by atoms with Gasteiger partial charge in [0.05, 0.1) is 6.61 Å². The zero-order valence-electron chi connectivity index (χ0n) is 19.8. The number of carbonyl (C=O) groups excluding carboxylic acids is 2. The van der Waals surface area contributed by atoms with Crippen LogP contribution >= 0.6 is 11.6 Å². The molecule has 6 nitrogen and oxygen atoms in total. The maximum absolute atomic E-state index is 14.3. The van der Waals surface area contributed by atoms with Crippen molar-refractivity contribution in [3.05, 3.63) is 64.7 Å². The lowest BCUT2D eigenvalue weighted by atomic mass is 9.77. The molecule has 2 amide bonds. The van der Waals surface area contributed by atoms with Crippen LogP contribution in [-0.4, -0.2) is 79.4 Å². The molecule has 0 aliphatic carbocycles. The number of likely N-dealkylation sites (N-methyl/N-ethyl adjacent to an activating group) is 1. The summed E-state index contributed by atoms with van der Waals surface area (Å²) in [6.07, 6.45) is 1.44. The summed E-state index contributed by atoms with van der Waals surface area (Å²) >= 11 is 5.98. The van der Waals surface area contributed by atoms with Crippen molar-refractivity contribution in [3.63, 3.8) is 0 Å². The monoisotopic (exact) mass is 505 g/mol. The number of piperazine rings is 1. The summed E-state index contributed by atoms with van der Waals surface area (Å²) in [5.41, 5.74) is -1.25. The van der Waals surface area contributed by atoms with Crippen molar-refractivity contribution in [1.29, 1.82) is 0 Å². The fraction of sp³-hybridized carbons (Fsp3) is 0.462. The van der Waals surface area contributed by atoms with E-state index in [4.69, 9.17) is 16.3 Å². The van der Waals surface area contributed by atoms with E-state index in [0.29, 0.717) is 43.2 Å². The fourth-order valence-electron chi connectivity index (χ4n) is 4.81. The summed E-state index contributed by atoms with van der Waals surface area (Å²) < 4.78 is 34.8. The molecule has 2 heterocycles. The van der Waals surface area contributed by atoms with E-state index in [1.807, 2.05) is 11.9 Å². The second-order valence-corrected chi connectivity index (χ2v) is 9.97. The second-order valence-electron chi connectivity index (χ2n) is 9.53. The summed E-state index contributed by atoms with van der Waals surface area (Å²) in [7, 11) is 2.02. The van der Waals surface area contributed by atoms with Crippen LogP contribution < -0.4 is 4.74 Å². The Morgan fingerprint density at radius 1 is 0.971 bits per heavy atom. The molecular formula is C26H30ClF2N3O3. The van der Waals surface area contributed by atoms with Crippen LogP contribution in [0.25, 0.3) is 0 Å². The summed E-state index contributed by atoms with van der Waals surface area (Å²) in [5.74, 6) is -1.88. The van der Waals surface area contributed by atoms with Gasteiger partial charge in [0, 0.05) is 56.1 Å². The molecule has 0 unspecified atom stereocenters. The first-order valence-electron chi connectivity index (χ1n) is 11.8. The Morgan fingerprint density at radius 2 is 1.63 bits per heavy atom. The molecule has 35 heavy (non-hydrogen) atoms. The van der Waals surface area contributed by atoms with E-state index in [9.17, 15) is 18.4 Å². The van der Waals surface area contributed by atoms with Gasteiger partial charge in [0.25, 0.3) is 5.91 Å². The average molecular weight is 506 g/mol. The number of carbonyl (C=O) groups is 2. The van der Waals surface area contributed by atoms with E-state index in [2.05, 4.69) is 4.90 Å². The lowest BCUT2D eigenvalue weighted by Gasteiger charge is -2.43. The third kappa shape index (κ3) is 6.11. The molecule has 0 bridgehead atoms. The van der Waals surface area contributed by atoms with E-state index >= 15 is 0 Å². The van der Waals surface area contributed by atoms with E-state index in [0.717, 1.165) is 25.2 Å². The first-order valence-corrected chi connectivity index (χ1v) is 12.2. The van der Waals surface area contributed by atoms with Gasteiger partial charge < -0.3 is 19.4 Å². The van der Waals surface area contributed by atoms with Gasteiger partial charge in [0.15, 0.2) is 0 Å². The van der Waals surface area contributed by atoms with Crippen molar-refractivity contribution in [2.24, 2.45) is 5.41 Å². The molecular weight excluding hydrogens is 476 g/mol. The zero-order chi connectivity index (χ0) is 25.0. The Morgan fingerprint density at radius 3 is 2.29 bits per heavy atom. The lowest BCUT2D eigenvalue weighted by molar-refractivity contribution is -0.137. The van der Waals surface area contributed by atoms with Crippen molar-refractivity contribution in [2.75, 3.05) is 52.9 Å². The third-order valence-electron chi connectivity index (χ3n) is 6.87. The highest BCUT2D eigenvalue weighted by molar-refractivity contribution is 6.30. The van der Waals surface area contributed by atoms with Gasteiger partial charge >= 0.3 is 0 Å². The van der Waals surface area contributed by atoms with Gasteiger partial charge in [0.2, 0.25) is 5.91 Å². The molecule has 2 aromatic rings. The van der Waals surface area contributed by atoms with Gasteiger partial charge in [-0.15, -0.1) is 0 Å². The molecule has 0 spiro atoms. The fourth-order valence-corrected chi connectivity index (χ4v) is 4.94. The second kappa shape index (κ2) is 10.9. The average Bonchev–Trinajstić information content (AvgIpc) is 2.84. The van der Waals surface area contributed by atoms with Crippen molar-refractivity contribution in [1.82, 2.24) is 14.7 Å². The lowest BCUT2D eigenvalue weighted by Crippen LogP contribution is -2.53. The predicted octanol–water partition coefficient (Wildman–Crippen LogP) is 4.08. The van der Waals surface area contributed by atoms with Crippen molar-refractivity contribution in [2.45, 2.75) is 19.3 Å². The molecule has 2 fully saturated rings. The molecule has 188 valence electrons. The minimum absolute atomic E-state index is 0.00387. The number of likely N-dealkylation sites (tertiary alicyclic amines) is 1. The molecule has 2 aromatic carbocycles. The van der Waals surface area contributed by atoms with Crippen LogP contribution in [0.4, 0.5) is 8.78 Å². The SMILES string of the molecule is CN1CCN(C(=O)C[C@]2(COc3ccc(Cl)cc3)CCCN(C(=O)c3c(F)cccc3F)C2)CC1. The number of amides is 2. The summed E-state index contributed by atoms with van der Waals surface area (Å²) in [6.45, 7) is 3.62. The molecule has 2 aliphatic rings. The van der Waals surface area contributed by atoms with E-state index in [1.165, 1.54) is 11.0 Å². The smallest absolute Gasteiger partial charge is 0.259 e. The highest BCUT2D eigenvalue weighted by Gasteiger charge is 2.42. The topological polar surface area (TPSA) is 53.1 Å². The van der Waals surface area contributed by atoms with Crippen molar-refractivity contribution in [3.8, 4) is 5.75 Å². The Labute approximate surface area is 209 Å². The van der Waals surface area contributed by atoms with Crippen molar-refractivity contribution < 1.29 is 23.1 Å². The molecule has 0 saturated carbocycles. The first kappa shape index (κ1) is 25.4. The molecule has 2 aliphatic heterocycles. The number of piperidine rings is 1. The predicted molar refractivity (Wildman–Crippen MR) is 130 cm³/mol. The van der Waals surface area contributed by atoms with Gasteiger partial charge in [-0.05, 0) is 56.3 Å². The molecule has 2 saturated heterocycles. The molecule has 0 N–H and O–H groups in total. The summed E-state index contributed by atoms with van der Waals surface area (Å²) in [4.78, 5) is 31.9. The third-order valence-corrected chi connectivity index (χ3v) is 7.12. The van der Waals surface area contributed by atoms with Crippen molar-refractivity contribution >= 4 is 23.4 Å². The van der Waals surface area contributed by atoms with Gasteiger partial charge in [0.1, 0.15) is 22.9 Å². The Bertz CT molecular complexity index is 1040. The Hall–Kier alpha value is -2.71. The van der Waals surface area contributed by atoms with Gasteiger partial charge in [-0.1, -0.05) is 17.7 Å².